The molecule has 13 nitrogen and oxygen atoms in total. The van der Waals surface area contributed by atoms with Crippen LogP contribution in [0.5, 0.6) is 0 Å². The summed E-state index contributed by atoms with van der Waals surface area (Å²) in [4.78, 5) is 48.4. The SMILES string of the molecule is CON=C(C(=O)NC1C(=O)N2C(C(=O)O)=C(C=C(S)c3ccc(C)[n+]([O-])n3)CSC12)c1csc(N)n1. The maximum absolute atomic E-state index is 12.9. The van der Waals surface area contributed by atoms with Crippen molar-refractivity contribution in [3.63, 3.8) is 0 Å². The fourth-order valence-electron chi connectivity index (χ4n) is 3.50. The van der Waals surface area contributed by atoms with Crippen molar-refractivity contribution in [2.24, 2.45) is 5.16 Å². The highest BCUT2D eigenvalue weighted by atomic mass is 32.2. The lowest BCUT2D eigenvalue weighted by atomic mass is 10.0. The molecule has 36 heavy (non-hydrogen) atoms. The molecule has 0 aliphatic carbocycles. The number of β-lactam (4-membered cyclic amide) rings is 1. The van der Waals surface area contributed by atoms with Gasteiger partial charge in [0.1, 0.15) is 35.6 Å². The van der Waals surface area contributed by atoms with Crippen molar-refractivity contribution >= 4 is 69.3 Å². The highest BCUT2D eigenvalue weighted by Crippen LogP contribution is 2.41. The quantitative estimate of drug-likeness (QED) is 0.0923. The zero-order valence-electron chi connectivity index (χ0n) is 18.7. The monoisotopic (exact) mass is 549 g/mol. The lowest BCUT2D eigenvalue weighted by Crippen LogP contribution is -2.71. The number of aromatic nitrogens is 3. The van der Waals surface area contributed by atoms with Gasteiger partial charge in [-0.05, 0) is 17.7 Å². The van der Waals surface area contributed by atoms with E-state index in [1.807, 2.05) is 0 Å². The molecule has 0 radical (unpaired) electrons. The third-order valence-corrected chi connectivity index (χ3v) is 7.54. The van der Waals surface area contributed by atoms with Gasteiger partial charge in [-0.1, -0.05) is 10.0 Å². The Balaban J connectivity index is 1.57. The van der Waals surface area contributed by atoms with Gasteiger partial charge in [0.15, 0.2) is 10.8 Å². The minimum atomic E-state index is -1.32. The Morgan fingerprint density at radius 1 is 1.44 bits per heavy atom. The molecule has 4 N–H and O–H groups in total. The smallest absolute Gasteiger partial charge is 0.352 e. The molecule has 2 amide bonds. The first-order valence-electron chi connectivity index (χ1n) is 10.2. The second-order valence-corrected chi connectivity index (χ2v) is 9.97. The number of nitrogens with one attached hydrogen (secondary N) is 1. The molecule has 2 unspecified atom stereocenters. The van der Waals surface area contributed by atoms with E-state index >= 15 is 0 Å². The number of nitrogens with two attached hydrogens (primary N) is 1. The normalized spacial score (nSPS) is 20.1. The predicted molar refractivity (Wildman–Crippen MR) is 135 cm³/mol. The minimum absolute atomic E-state index is 0.170. The fourth-order valence-corrected chi connectivity index (χ4v) is 5.63. The minimum Gasteiger partial charge on any atom is -0.594 e. The van der Waals surface area contributed by atoms with Crippen LogP contribution in [0, 0.1) is 12.1 Å². The Morgan fingerprint density at radius 2 is 2.19 bits per heavy atom. The Labute approximate surface area is 217 Å². The molecule has 1 saturated heterocycles. The number of carboxylic acids is 1. The summed E-state index contributed by atoms with van der Waals surface area (Å²) in [7, 11) is 1.26. The van der Waals surface area contributed by atoms with Gasteiger partial charge in [-0.15, -0.1) is 35.7 Å². The molecule has 1 fully saturated rings. The molecule has 0 saturated carbocycles. The summed E-state index contributed by atoms with van der Waals surface area (Å²) in [5.41, 5.74) is 6.35. The average Bonchev–Trinajstić information content (AvgIpc) is 3.27. The van der Waals surface area contributed by atoms with Gasteiger partial charge in [0.05, 0.1) is 0 Å². The maximum atomic E-state index is 12.9. The van der Waals surface area contributed by atoms with E-state index in [1.165, 1.54) is 30.3 Å². The Morgan fingerprint density at radius 3 is 2.81 bits per heavy atom. The first-order valence-corrected chi connectivity index (χ1v) is 12.5. The number of rotatable bonds is 7. The summed E-state index contributed by atoms with van der Waals surface area (Å²) < 4.78 is 0. The molecule has 0 aromatic carbocycles. The van der Waals surface area contributed by atoms with Crippen LogP contribution in [0.15, 0.2) is 40.0 Å². The number of aryl methyl sites for hydroxylation is 1. The number of hydrogen-bond donors (Lipinski definition) is 4. The summed E-state index contributed by atoms with van der Waals surface area (Å²) in [5.74, 6) is -2.44. The third-order valence-electron chi connectivity index (χ3n) is 5.21. The largest absolute Gasteiger partial charge is 0.594 e. The summed E-state index contributed by atoms with van der Waals surface area (Å²) >= 11 is 6.73. The average molecular weight is 550 g/mol. The zero-order valence-corrected chi connectivity index (χ0v) is 21.3. The summed E-state index contributed by atoms with van der Waals surface area (Å²) in [5, 5.41) is 32.9. The molecule has 2 aliphatic heterocycles. The summed E-state index contributed by atoms with van der Waals surface area (Å²) in [6.07, 6.45) is 1.46. The molecular formula is C20H19N7O6S3. The van der Waals surface area contributed by atoms with Crippen LogP contribution in [0.25, 0.3) is 4.91 Å². The molecule has 0 spiro atoms. The van der Waals surface area contributed by atoms with Crippen molar-refractivity contribution in [2.45, 2.75) is 18.3 Å². The molecule has 2 aromatic rings. The fraction of sp³-hybridized carbons (Fsp3) is 0.250. The second kappa shape index (κ2) is 10.2. The maximum Gasteiger partial charge on any atom is 0.352 e. The van der Waals surface area contributed by atoms with Gasteiger partial charge in [-0.3, -0.25) is 14.5 Å². The number of thiazole rings is 1. The number of amides is 2. The Kier molecular flexibility index (Phi) is 7.18. The van der Waals surface area contributed by atoms with E-state index in [2.05, 4.69) is 33.2 Å². The Bertz CT molecular complexity index is 1360. The summed E-state index contributed by atoms with van der Waals surface area (Å²) in [6.45, 7) is 1.59. The number of nitrogens with zero attached hydrogens (tertiary/aromatic N) is 5. The Hall–Kier alpha value is -3.63. The zero-order chi connectivity index (χ0) is 26.1. The van der Waals surface area contributed by atoms with Gasteiger partial charge in [0.25, 0.3) is 11.8 Å². The van der Waals surface area contributed by atoms with Crippen LogP contribution in [0.1, 0.15) is 17.1 Å². The van der Waals surface area contributed by atoms with Gasteiger partial charge < -0.3 is 26.2 Å². The lowest BCUT2D eigenvalue weighted by molar-refractivity contribution is -0.675. The molecule has 16 heteroatoms. The van der Waals surface area contributed by atoms with Crippen molar-refractivity contribution < 1.29 is 29.2 Å². The number of hydrogen-bond acceptors (Lipinski definition) is 12. The van der Waals surface area contributed by atoms with Crippen molar-refractivity contribution in [1.82, 2.24) is 20.3 Å². The van der Waals surface area contributed by atoms with E-state index in [0.717, 1.165) is 16.2 Å². The van der Waals surface area contributed by atoms with Gasteiger partial charge in [0.2, 0.25) is 5.69 Å². The third kappa shape index (κ3) is 4.74. The van der Waals surface area contributed by atoms with Gasteiger partial charge in [-0.2, -0.15) is 0 Å². The van der Waals surface area contributed by atoms with Crippen LogP contribution in [-0.4, -0.2) is 67.9 Å². The van der Waals surface area contributed by atoms with Crippen LogP contribution in [-0.2, 0) is 19.2 Å². The number of aliphatic carboxylic acids is 1. The number of allylic oxidation sites excluding steroid dienone is 1. The van der Waals surface area contributed by atoms with Crippen molar-refractivity contribution in [2.75, 3.05) is 18.6 Å². The summed E-state index contributed by atoms with van der Waals surface area (Å²) in [6, 6.07) is 2.15. The van der Waals surface area contributed by atoms with Crippen LogP contribution in [0.3, 0.4) is 0 Å². The van der Waals surface area contributed by atoms with Crippen molar-refractivity contribution in [3.05, 3.63) is 57.1 Å². The number of fused-ring (bicyclic) bond motifs is 1. The first-order chi connectivity index (χ1) is 17.1. The molecule has 0 bridgehead atoms. The molecule has 4 rings (SSSR count). The number of carboxylic acid groups (broad SMARTS) is 1. The van der Waals surface area contributed by atoms with E-state index in [4.69, 9.17) is 10.6 Å². The number of thiol groups is 1. The highest BCUT2D eigenvalue weighted by Gasteiger charge is 2.54. The number of nitrogen functional groups attached to an aromatic ring is 1. The standard InChI is InChI=1S/C20H19N7O6S3/c1-8-3-4-10(24-27(8)32)12(34)5-9-6-35-18-14(17(29)26(18)15(9)19(30)31)23-16(28)13(25-33-2)11-7-36-20(21)22-11/h3-5,7,14,18,34H,6H2,1-2H3,(H2,21,22)(H,23,28)(H,30,31). The van der Waals surface area contributed by atoms with Crippen LogP contribution < -0.4 is 15.9 Å². The number of thioether (sulfide) groups is 1. The molecule has 188 valence electrons. The molecule has 2 aromatic heterocycles. The number of anilines is 1. The van der Waals surface area contributed by atoms with Crippen molar-refractivity contribution in [3.8, 4) is 0 Å². The van der Waals surface area contributed by atoms with E-state index < -0.39 is 29.2 Å². The predicted octanol–water partition coefficient (Wildman–Crippen LogP) is 0.122. The number of carbonyl (C=O) groups is 3. The first kappa shape index (κ1) is 25.5. The van der Waals surface area contributed by atoms with E-state index in [0.29, 0.717) is 16.1 Å². The molecule has 4 heterocycles. The second-order valence-electron chi connectivity index (χ2n) is 7.50. The van der Waals surface area contributed by atoms with Gasteiger partial charge in [-0.25, -0.2) is 9.78 Å². The van der Waals surface area contributed by atoms with E-state index in [9.17, 15) is 24.7 Å². The topological polar surface area (TPSA) is 187 Å². The molecular weight excluding hydrogens is 530 g/mol. The van der Waals surface area contributed by atoms with Crippen LogP contribution in [0.4, 0.5) is 5.13 Å². The highest BCUT2D eigenvalue weighted by molar-refractivity contribution is 8.00. The number of carbonyl (C=O) groups excluding carboxylic acids is 2. The van der Waals surface area contributed by atoms with E-state index in [1.54, 1.807) is 19.1 Å². The van der Waals surface area contributed by atoms with Crippen LogP contribution >= 0.6 is 35.7 Å². The van der Waals surface area contributed by atoms with E-state index in [-0.39, 0.29) is 38.6 Å². The molecule has 2 aliphatic rings. The van der Waals surface area contributed by atoms with Crippen molar-refractivity contribution in [1.29, 1.82) is 0 Å². The lowest BCUT2D eigenvalue weighted by Gasteiger charge is -2.49. The van der Waals surface area contributed by atoms with Crippen LogP contribution in [0.2, 0.25) is 0 Å². The molecule has 2 atom stereocenters. The van der Waals surface area contributed by atoms with Gasteiger partial charge >= 0.3 is 5.97 Å². The van der Waals surface area contributed by atoms with Gasteiger partial charge in [0, 0.05) is 34.1 Å². The number of oxime groups is 1.